The summed E-state index contributed by atoms with van der Waals surface area (Å²) in [5.41, 5.74) is 3.26. The molecule has 2 aliphatic heterocycles. The van der Waals surface area contributed by atoms with E-state index in [1.54, 1.807) is 23.1 Å². The molecule has 3 heterocycles. The monoisotopic (exact) mass is 385 g/mol. The molecule has 8 heteroatoms. The van der Waals surface area contributed by atoms with Gasteiger partial charge < -0.3 is 19.9 Å². The van der Waals surface area contributed by atoms with Crippen molar-refractivity contribution in [3.63, 3.8) is 0 Å². The van der Waals surface area contributed by atoms with Crippen LogP contribution in [0.5, 0.6) is 0 Å². The normalized spacial score (nSPS) is 17.1. The Hall–Kier alpha value is -2.74. The molecule has 2 aromatic rings. The van der Waals surface area contributed by atoms with Crippen LogP contribution in [0.3, 0.4) is 0 Å². The molecule has 0 radical (unpaired) electrons. The predicted octanol–water partition coefficient (Wildman–Crippen LogP) is 2.39. The number of ether oxygens (including phenoxy) is 1. The first kappa shape index (κ1) is 18.6. The Morgan fingerprint density at radius 1 is 1.11 bits per heavy atom. The molecule has 7 nitrogen and oxygen atoms in total. The van der Waals surface area contributed by atoms with E-state index in [0.717, 1.165) is 36.0 Å². The highest BCUT2D eigenvalue weighted by Crippen LogP contribution is 2.22. The quantitative estimate of drug-likeness (QED) is 0.860. The SMILES string of the molecule is Cc1nc(N2CCOCC2)nc2c1CCN(C(=O)Nc1ccccc1F)CC2. The number of fused-ring (bicyclic) bond motifs is 1. The van der Waals surface area contributed by atoms with Crippen LogP contribution in [0.25, 0.3) is 0 Å². The van der Waals surface area contributed by atoms with E-state index in [9.17, 15) is 9.18 Å². The van der Waals surface area contributed by atoms with E-state index in [-0.39, 0.29) is 11.7 Å². The molecule has 0 spiro atoms. The number of carbonyl (C=O) groups excluding carboxylic acids is 1. The summed E-state index contributed by atoms with van der Waals surface area (Å²) in [4.78, 5) is 25.9. The van der Waals surface area contributed by atoms with Gasteiger partial charge in [-0.25, -0.2) is 19.2 Å². The van der Waals surface area contributed by atoms with Gasteiger partial charge in [0, 0.05) is 38.3 Å². The maximum absolute atomic E-state index is 13.8. The van der Waals surface area contributed by atoms with Crippen molar-refractivity contribution in [1.82, 2.24) is 14.9 Å². The van der Waals surface area contributed by atoms with Crippen LogP contribution in [0, 0.1) is 12.7 Å². The molecule has 1 N–H and O–H groups in total. The third-order valence-electron chi connectivity index (χ3n) is 5.23. The van der Waals surface area contributed by atoms with Gasteiger partial charge in [-0.15, -0.1) is 0 Å². The summed E-state index contributed by atoms with van der Waals surface area (Å²) in [6.07, 6.45) is 1.34. The summed E-state index contributed by atoms with van der Waals surface area (Å²) in [5.74, 6) is 0.301. The zero-order valence-electron chi connectivity index (χ0n) is 15.9. The van der Waals surface area contributed by atoms with Crippen molar-refractivity contribution in [3.8, 4) is 0 Å². The second kappa shape index (κ2) is 8.10. The van der Waals surface area contributed by atoms with E-state index >= 15 is 0 Å². The van der Waals surface area contributed by atoms with Crippen LogP contribution in [0.4, 0.5) is 20.8 Å². The first-order valence-electron chi connectivity index (χ1n) is 9.61. The molecular formula is C20H24FN5O2. The van der Waals surface area contributed by atoms with Crippen molar-refractivity contribution in [3.05, 3.63) is 47.0 Å². The van der Waals surface area contributed by atoms with Crippen LogP contribution in [0.1, 0.15) is 17.0 Å². The highest BCUT2D eigenvalue weighted by Gasteiger charge is 2.24. The van der Waals surface area contributed by atoms with Crippen molar-refractivity contribution in [1.29, 1.82) is 0 Å². The lowest BCUT2D eigenvalue weighted by molar-refractivity contribution is 0.122. The van der Waals surface area contributed by atoms with Crippen LogP contribution >= 0.6 is 0 Å². The van der Waals surface area contributed by atoms with Crippen molar-refractivity contribution in [2.75, 3.05) is 49.6 Å². The molecule has 0 bridgehead atoms. The molecule has 0 unspecified atom stereocenters. The number of benzene rings is 1. The van der Waals surface area contributed by atoms with Gasteiger partial charge in [0.05, 0.1) is 24.6 Å². The summed E-state index contributed by atoms with van der Waals surface area (Å²) >= 11 is 0. The topological polar surface area (TPSA) is 70.6 Å². The number of hydrogen-bond donors (Lipinski definition) is 1. The van der Waals surface area contributed by atoms with Gasteiger partial charge in [-0.05, 0) is 31.0 Å². The number of rotatable bonds is 2. The first-order chi connectivity index (χ1) is 13.6. The zero-order chi connectivity index (χ0) is 19.5. The van der Waals surface area contributed by atoms with Gasteiger partial charge in [0.15, 0.2) is 0 Å². The number of nitrogens with zero attached hydrogens (tertiary/aromatic N) is 4. The second-order valence-electron chi connectivity index (χ2n) is 7.03. The Balaban J connectivity index is 1.48. The lowest BCUT2D eigenvalue weighted by Gasteiger charge is -2.27. The van der Waals surface area contributed by atoms with Crippen molar-refractivity contribution in [2.24, 2.45) is 0 Å². The molecule has 4 rings (SSSR count). The van der Waals surface area contributed by atoms with Crippen LogP contribution in [0.2, 0.25) is 0 Å². The number of carbonyl (C=O) groups is 1. The zero-order valence-corrected chi connectivity index (χ0v) is 15.9. The maximum atomic E-state index is 13.8. The van der Waals surface area contributed by atoms with Crippen molar-refractivity contribution in [2.45, 2.75) is 19.8 Å². The number of nitrogens with one attached hydrogen (secondary N) is 1. The number of amides is 2. The van der Waals surface area contributed by atoms with Crippen LogP contribution in [-0.4, -0.2) is 60.3 Å². The van der Waals surface area contributed by atoms with Crippen LogP contribution < -0.4 is 10.2 Å². The molecule has 0 atom stereocenters. The summed E-state index contributed by atoms with van der Waals surface area (Å²) < 4.78 is 19.2. The number of morpholine rings is 1. The minimum absolute atomic E-state index is 0.194. The van der Waals surface area contributed by atoms with Crippen LogP contribution in [0.15, 0.2) is 24.3 Å². The Labute approximate surface area is 163 Å². The lowest BCUT2D eigenvalue weighted by atomic mass is 10.1. The molecular weight excluding hydrogens is 361 g/mol. The third kappa shape index (κ3) is 3.91. The van der Waals surface area contributed by atoms with Gasteiger partial charge >= 0.3 is 6.03 Å². The van der Waals surface area contributed by atoms with E-state index in [2.05, 4.69) is 10.2 Å². The number of aromatic nitrogens is 2. The maximum Gasteiger partial charge on any atom is 0.321 e. The molecule has 2 aliphatic rings. The van der Waals surface area contributed by atoms with E-state index in [1.165, 1.54) is 6.07 Å². The predicted molar refractivity (Wildman–Crippen MR) is 104 cm³/mol. The number of aryl methyl sites for hydroxylation is 1. The van der Waals surface area contributed by atoms with Gasteiger partial charge in [-0.1, -0.05) is 12.1 Å². The Kier molecular flexibility index (Phi) is 5.38. The smallest absolute Gasteiger partial charge is 0.321 e. The highest BCUT2D eigenvalue weighted by molar-refractivity contribution is 5.89. The van der Waals surface area contributed by atoms with Crippen molar-refractivity contribution >= 4 is 17.7 Å². The fraction of sp³-hybridized carbons (Fsp3) is 0.450. The van der Waals surface area contributed by atoms with Gasteiger partial charge in [0.25, 0.3) is 0 Å². The Morgan fingerprint density at radius 2 is 1.86 bits per heavy atom. The second-order valence-corrected chi connectivity index (χ2v) is 7.03. The third-order valence-corrected chi connectivity index (χ3v) is 5.23. The largest absolute Gasteiger partial charge is 0.378 e. The summed E-state index contributed by atoms with van der Waals surface area (Å²) in [7, 11) is 0. The molecule has 1 saturated heterocycles. The molecule has 1 fully saturated rings. The number of halogens is 1. The fourth-order valence-electron chi connectivity index (χ4n) is 3.64. The molecule has 0 saturated carbocycles. The van der Waals surface area contributed by atoms with Gasteiger partial charge in [0.2, 0.25) is 5.95 Å². The summed E-state index contributed by atoms with van der Waals surface area (Å²) in [6, 6.07) is 5.89. The minimum Gasteiger partial charge on any atom is -0.378 e. The lowest BCUT2D eigenvalue weighted by Crippen LogP contribution is -2.37. The molecule has 2 amide bonds. The first-order valence-corrected chi connectivity index (χ1v) is 9.61. The molecule has 1 aromatic carbocycles. The molecule has 1 aromatic heterocycles. The number of anilines is 2. The standard InChI is InChI=1S/C20H24FN5O2/c1-14-15-6-8-26(20(27)24-18-5-3-2-4-16(18)21)9-7-17(15)23-19(22-14)25-10-12-28-13-11-25/h2-5H,6-13H2,1H3,(H,24,27). The van der Waals surface area contributed by atoms with E-state index < -0.39 is 5.82 Å². The van der Waals surface area contributed by atoms with E-state index in [0.29, 0.717) is 39.1 Å². The summed E-state index contributed by atoms with van der Waals surface area (Å²) in [6.45, 7) is 6.03. The molecule has 148 valence electrons. The average Bonchev–Trinajstić information content (AvgIpc) is 2.93. The van der Waals surface area contributed by atoms with Gasteiger partial charge in [-0.2, -0.15) is 0 Å². The molecule has 28 heavy (non-hydrogen) atoms. The van der Waals surface area contributed by atoms with E-state index in [4.69, 9.17) is 14.7 Å². The van der Waals surface area contributed by atoms with E-state index in [1.807, 2.05) is 6.92 Å². The highest BCUT2D eigenvalue weighted by atomic mass is 19.1. The average molecular weight is 385 g/mol. The number of hydrogen-bond acceptors (Lipinski definition) is 5. The minimum atomic E-state index is -0.439. The van der Waals surface area contributed by atoms with Crippen molar-refractivity contribution < 1.29 is 13.9 Å². The van der Waals surface area contributed by atoms with Gasteiger partial charge in [0.1, 0.15) is 5.82 Å². The van der Waals surface area contributed by atoms with Crippen LogP contribution in [-0.2, 0) is 17.6 Å². The Morgan fingerprint density at radius 3 is 2.64 bits per heavy atom. The summed E-state index contributed by atoms with van der Waals surface area (Å²) in [5, 5.41) is 2.67. The Bertz CT molecular complexity index is 870. The van der Waals surface area contributed by atoms with Gasteiger partial charge in [-0.3, -0.25) is 0 Å². The fourth-order valence-corrected chi connectivity index (χ4v) is 3.64. The molecule has 0 aliphatic carbocycles. The number of para-hydroxylation sites is 1. The number of urea groups is 1.